The van der Waals surface area contributed by atoms with Crippen LogP contribution in [0.4, 0.5) is 0 Å². The quantitative estimate of drug-likeness (QED) is 0.501. The molecule has 19 heavy (non-hydrogen) atoms. The van der Waals surface area contributed by atoms with Crippen molar-refractivity contribution in [2.45, 2.75) is 20.3 Å². The number of hydrogen-bond donors (Lipinski definition) is 1. The highest BCUT2D eigenvalue weighted by molar-refractivity contribution is 5.83. The minimum absolute atomic E-state index is 0.810. The minimum atomic E-state index is 0.810. The lowest BCUT2D eigenvalue weighted by Crippen LogP contribution is -1.96. The third-order valence-corrected chi connectivity index (χ3v) is 3.27. The molecule has 1 aromatic heterocycles. The summed E-state index contributed by atoms with van der Waals surface area (Å²) in [5.74, 6) is 0. The summed E-state index contributed by atoms with van der Waals surface area (Å²) < 4.78 is 1.93. The largest absolute Gasteiger partial charge is 0.411 e. The molecule has 0 aliphatic heterocycles. The summed E-state index contributed by atoms with van der Waals surface area (Å²) in [7, 11) is 0. The first-order valence-electron chi connectivity index (χ1n) is 6.32. The monoisotopic (exact) mass is 254 g/mol. The van der Waals surface area contributed by atoms with Gasteiger partial charge in [0, 0.05) is 6.20 Å². The zero-order chi connectivity index (χ0) is 13.8. The van der Waals surface area contributed by atoms with Crippen LogP contribution in [-0.2, 0) is 6.42 Å². The van der Waals surface area contributed by atoms with Crippen molar-refractivity contribution in [2.24, 2.45) is 5.16 Å². The van der Waals surface area contributed by atoms with Gasteiger partial charge in [-0.15, -0.1) is 0 Å². The lowest BCUT2D eigenvalue weighted by Gasteiger charge is -2.08. The van der Waals surface area contributed by atoms with Crippen LogP contribution in [0.1, 0.15) is 23.7 Å². The fourth-order valence-electron chi connectivity index (χ4n) is 2.30. The van der Waals surface area contributed by atoms with Gasteiger partial charge in [-0.1, -0.05) is 42.9 Å². The van der Waals surface area contributed by atoms with Crippen LogP contribution in [0.2, 0.25) is 0 Å². The average molecular weight is 254 g/mol. The Kier molecular flexibility index (Phi) is 3.85. The topological polar surface area (TPSA) is 37.5 Å². The summed E-state index contributed by atoms with van der Waals surface area (Å²) in [4.78, 5) is 0. The van der Waals surface area contributed by atoms with E-state index in [4.69, 9.17) is 5.21 Å². The van der Waals surface area contributed by atoms with Gasteiger partial charge in [-0.2, -0.15) is 0 Å². The van der Waals surface area contributed by atoms with Gasteiger partial charge in [-0.05, 0) is 36.1 Å². The first-order chi connectivity index (χ1) is 9.21. The van der Waals surface area contributed by atoms with E-state index >= 15 is 0 Å². The van der Waals surface area contributed by atoms with Gasteiger partial charge in [0.15, 0.2) is 0 Å². The van der Waals surface area contributed by atoms with Crippen molar-refractivity contribution < 1.29 is 5.21 Å². The van der Waals surface area contributed by atoms with Crippen molar-refractivity contribution in [3.05, 3.63) is 53.7 Å². The molecular weight excluding hydrogens is 236 g/mol. The molecule has 0 unspecified atom stereocenters. The molecule has 1 aromatic carbocycles. The van der Waals surface area contributed by atoms with Crippen molar-refractivity contribution in [3.8, 4) is 11.3 Å². The Balaban J connectivity index is 2.56. The zero-order valence-corrected chi connectivity index (χ0v) is 11.3. The Bertz CT molecular complexity index is 606. The van der Waals surface area contributed by atoms with E-state index in [9.17, 15) is 0 Å². The second-order valence-electron chi connectivity index (χ2n) is 4.45. The summed E-state index contributed by atoms with van der Waals surface area (Å²) in [6.07, 6.45) is 4.18. The molecule has 0 atom stereocenters. The van der Waals surface area contributed by atoms with Gasteiger partial charge in [0.05, 0.1) is 17.6 Å². The number of aromatic nitrogens is 1. The molecule has 0 saturated carbocycles. The molecule has 0 amide bonds. The standard InChI is InChI=1S/C16H18N2O/c1-4-13-6-8-14(9-7-13)16-12(3)10-15(11-17-19)18(16)5-2/h5-11,19H,2,4H2,1,3H3/b17-11+. The van der Waals surface area contributed by atoms with Crippen LogP contribution in [0.25, 0.3) is 17.5 Å². The lowest BCUT2D eigenvalue weighted by molar-refractivity contribution is 0.321. The molecule has 1 N–H and O–H groups in total. The Morgan fingerprint density at radius 2 is 2.00 bits per heavy atom. The van der Waals surface area contributed by atoms with Crippen LogP contribution in [0.5, 0.6) is 0 Å². The molecule has 0 spiro atoms. The van der Waals surface area contributed by atoms with Crippen LogP contribution in [-0.4, -0.2) is 16.0 Å². The third-order valence-electron chi connectivity index (χ3n) is 3.27. The van der Waals surface area contributed by atoms with E-state index in [0.717, 1.165) is 28.9 Å². The predicted molar refractivity (Wildman–Crippen MR) is 79.8 cm³/mol. The third kappa shape index (κ3) is 2.45. The number of hydrogen-bond acceptors (Lipinski definition) is 2. The minimum Gasteiger partial charge on any atom is -0.411 e. The maximum absolute atomic E-state index is 8.70. The number of nitrogens with zero attached hydrogens (tertiary/aromatic N) is 2. The van der Waals surface area contributed by atoms with Gasteiger partial charge in [-0.3, -0.25) is 0 Å². The molecule has 2 aromatic rings. The van der Waals surface area contributed by atoms with Crippen LogP contribution in [0, 0.1) is 6.92 Å². The molecule has 0 bridgehead atoms. The summed E-state index contributed by atoms with van der Waals surface area (Å²) in [6.45, 7) is 8.01. The first kappa shape index (κ1) is 13.1. The van der Waals surface area contributed by atoms with Gasteiger partial charge in [-0.25, -0.2) is 0 Å². The Hall–Kier alpha value is -2.29. The van der Waals surface area contributed by atoms with E-state index < -0.39 is 0 Å². The van der Waals surface area contributed by atoms with E-state index in [0.29, 0.717) is 0 Å². The molecule has 0 radical (unpaired) electrons. The molecule has 0 aliphatic carbocycles. The molecule has 1 heterocycles. The highest BCUT2D eigenvalue weighted by Gasteiger charge is 2.11. The molecule has 0 fully saturated rings. The van der Waals surface area contributed by atoms with Gasteiger partial charge >= 0.3 is 0 Å². The van der Waals surface area contributed by atoms with Crippen molar-refractivity contribution in [1.82, 2.24) is 4.57 Å². The van der Waals surface area contributed by atoms with Crippen molar-refractivity contribution in [1.29, 1.82) is 0 Å². The summed E-state index contributed by atoms with van der Waals surface area (Å²) in [5.41, 5.74) is 5.46. The number of oxime groups is 1. The van der Waals surface area contributed by atoms with Gasteiger partial charge in [0.1, 0.15) is 0 Å². The second kappa shape index (κ2) is 5.57. The van der Waals surface area contributed by atoms with Crippen molar-refractivity contribution >= 4 is 12.4 Å². The second-order valence-corrected chi connectivity index (χ2v) is 4.45. The van der Waals surface area contributed by atoms with Gasteiger partial charge in [0.25, 0.3) is 0 Å². The van der Waals surface area contributed by atoms with Crippen molar-refractivity contribution in [3.63, 3.8) is 0 Å². The molecule has 0 saturated heterocycles. The maximum atomic E-state index is 8.70. The smallest absolute Gasteiger partial charge is 0.0901 e. The molecular formula is C16H18N2O. The average Bonchev–Trinajstić information content (AvgIpc) is 2.75. The number of rotatable bonds is 4. The maximum Gasteiger partial charge on any atom is 0.0901 e. The molecule has 3 nitrogen and oxygen atoms in total. The fraction of sp³-hybridized carbons (Fsp3) is 0.188. The highest BCUT2D eigenvalue weighted by Crippen LogP contribution is 2.27. The molecule has 0 aliphatic rings. The van der Waals surface area contributed by atoms with E-state index in [1.807, 2.05) is 17.6 Å². The Morgan fingerprint density at radius 1 is 1.32 bits per heavy atom. The first-order valence-corrected chi connectivity index (χ1v) is 6.32. The van der Waals surface area contributed by atoms with Crippen molar-refractivity contribution in [2.75, 3.05) is 0 Å². The summed E-state index contributed by atoms with van der Waals surface area (Å²) in [5, 5.41) is 11.8. The zero-order valence-electron chi connectivity index (χ0n) is 11.3. The number of aryl methyl sites for hydroxylation is 2. The molecule has 2 rings (SSSR count). The normalized spacial score (nSPS) is 11.1. The predicted octanol–water partition coefficient (Wildman–Crippen LogP) is 3.93. The summed E-state index contributed by atoms with van der Waals surface area (Å²) in [6, 6.07) is 10.5. The van der Waals surface area contributed by atoms with Gasteiger partial charge < -0.3 is 9.77 Å². The van der Waals surface area contributed by atoms with E-state index in [-0.39, 0.29) is 0 Å². The van der Waals surface area contributed by atoms with Crippen LogP contribution in [0.3, 0.4) is 0 Å². The summed E-state index contributed by atoms with van der Waals surface area (Å²) >= 11 is 0. The number of benzene rings is 1. The fourth-order valence-corrected chi connectivity index (χ4v) is 2.30. The highest BCUT2D eigenvalue weighted by atomic mass is 16.4. The lowest BCUT2D eigenvalue weighted by atomic mass is 10.1. The van der Waals surface area contributed by atoms with Crippen LogP contribution >= 0.6 is 0 Å². The SMILES string of the molecule is C=Cn1c(/C=N/O)cc(C)c1-c1ccc(CC)cc1. The van der Waals surface area contributed by atoms with E-state index in [1.54, 1.807) is 6.20 Å². The van der Waals surface area contributed by atoms with Crippen LogP contribution < -0.4 is 0 Å². The van der Waals surface area contributed by atoms with Crippen LogP contribution in [0.15, 0.2) is 42.1 Å². The van der Waals surface area contributed by atoms with E-state index in [1.165, 1.54) is 11.8 Å². The van der Waals surface area contributed by atoms with Gasteiger partial charge in [0.2, 0.25) is 0 Å². The molecule has 98 valence electrons. The van der Waals surface area contributed by atoms with E-state index in [2.05, 4.69) is 42.9 Å². The Labute approximate surface area is 113 Å². The molecule has 3 heteroatoms. The Morgan fingerprint density at radius 3 is 2.53 bits per heavy atom.